The molecule has 0 fully saturated rings. The summed E-state index contributed by atoms with van der Waals surface area (Å²) in [5, 5.41) is 3.38. The number of ether oxygens (including phenoxy) is 1. The van der Waals surface area contributed by atoms with E-state index < -0.39 is 5.91 Å². The number of carbonyl (C=O) groups excluding carboxylic acids is 1. The lowest BCUT2D eigenvalue weighted by atomic mass is 10.2. The molecule has 2 aromatic rings. The van der Waals surface area contributed by atoms with Crippen molar-refractivity contribution in [3.8, 4) is 5.75 Å². The summed E-state index contributed by atoms with van der Waals surface area (Å²) in [6.07, 6.45) is 0. The van der Waals surface area contributed by atoms with Crippen LogP contribution in [0, 0.1) is 10.5 Å². The summed E-state index contributed by atoms with van der Waals surface area (Å²) in [5.74, 6) is 0.164. The molecule has 21 heavy (non-hydrogen) atoms. The van der Waals surface area contributed by atoms with Gasteiger partial charge in [0.15, 0.2) is 6.61 Å². The number of primary amides is 1. The number of amides is 1. The van der Waals surface area contributed by atoms with Crippen molar-refractivity contribution in [2.24, 2.45) is 5.73 Å². The van der Waals surface area contributed by atoms with Crippen molar-refractivity contribution < 1.29 is 9.53 Å². The van der Waals surface area contributed by atoms with E-state index in [1.165, 1.54) is 9.13 Å². The van der Waals surface area contributed by atoms with Gasteiger partial charge in [0.25, 0.3) is 5.91 Å². The minimum atomic E-state index is -0.477. The van der Waals surface area contributed by atoms with Crippen LogP contribution < -0.4 is 15.8 Å². The number of hydrogen-bond acceptors (Lipinski definition) is 3. The minimum Gasteiger partial charge on any atom is -0.484 e. The molecule has 0 atom stereocenters. The Morgan fingerprint density at radius 3 is 2.57 bits per heavy atom. The lowest BCUT2D eigenvalue weighted by molar-refractivity contribution is -0.119. The van der Waals surface area contributed by atoms with Crippen LogP contribution in [0.25, 0.3) is 0 Å². The van der Waals surface area contributed by atoms with Crippen molar-refractivity contribution in [2.75, 3.05) is 11.9 Å². The molecule has 2 rings (SSSR count). The highest BCUT2D eigenvalue weighted by Gasteiger charge is 2.00. The van der Waals surface area contributed by atoms with Crippen molar-refractivity contribution in [2.45, 2.75) is 13.5 Å². The second kappa shape index (κ2) is 7.31. The summed E-state index contributed by atoms with van der Waals surface area (Å²) in [6.45, 7) is 2.73. The van der Waals surface area contributed by atoms with Gasteiger partial charge in [0.05, 0.1) is 0 Å². The number of aryl methyl sites for hydroxylation is 1. The molecule has 0 aliphatic rings. The third kappa shape index (κ3) is 4.93. The summed E-state index contributed by atoms with van der Waals surface area (Å²) < 4.78 is 6.46. The van der Waals surface area contributed by atoms with Gasteiger partial charge in [0.2, 0.25) is 0 Å². The molecule has 5 heteroatoms. The smallest absolute Gasteiger partial charge is 0.255 e. The van der Waals surface area contributed by atoms with E-state index in [-0.39, 0.29) is 6.61 Å². The first-order valence-corrected chi connectivity index (χ1v) is 7.62. The fourth-order valence-corrected chi connectivity index (χ4v) is 2.28. The lowest BCUT2D eigenvalue weighted by Gasteiger charge is -2.09. The monoisotopic (exact) mass is 396 g/mol. The van der Waals surface area contributed by atoms with Gasteiger partial charge in [-0.3, -0.25) is 4.79 Å². The molecule has 3 N–H and O–H groups in total. The van der Waals surface area contributed by atoms with Crippen LogP contribution in [0.1, 0.15) is 11.1 Å². The Kier molecular flexibility index (Phi) is 5.44. The van der Waals surface area contributed by atoms with Gasteiger partial charge in [0, 0.05) is 15.8 Å². The molecule has 0 aromatic heterocycles. The van der Waals surface area contributed by atoms with Crippen LogP contribution in [-0.2, 0) is 11.3 Å². The average molecular weight is 396 g/mol. The van der Waals surface area contributed by atoms with Gasteiger partial charge in [-0.1, -0.05) is 18.2 Å². The molecule has 4 nitrogen and oxygen atoms in total. The highest BCUT2D eigenvalue weighted by atomic mass is 127. The molecule has 0 bridgehead atoms. The predicted octanol–water partition coefficient (Wildman–Crippen LogP) is 3.08. The Labute approximate surface area is 137 Å². The van der Waals surface area contributed by atoms with Gasteiger partial charge >= 0.3 is 0 Å². The van der Waals surface area contributed by atoms with Gasteiger partial charge in [-0.2, -0.15) is 0 Å². The molecule has 0 saturated heterocycles. The first-order chi connectivity index (χ1) is 10.0. The number of anilines is 1. The molecular formula is C16H17IN2O2. The van der Waals surface area contributed by atoms with E-state index in [1.807, 2.05) is 24.3 Å². The Hall–Kier alpha value is -1.76. The molecule has 2 aromatic carbocycles. The Balaban J connectivity index is 1.91. The quantitative estimate of drug-likeness (QED) is 0.738. The molecule has 0 unspecified atom stereocenters. The third-order valence-corrected chi connectivity index (χ3v) is 4.14. The average Bonchev–Trinajstić information content (AvgIpc) is 2.47. The zero-order valence-corrected chi connectivity index (χ0v) is 13.9. The Morgan fingerprint density at radius 2 is 1.95 bits per heavy atom. The van der Waals surface area contributed by atoms with Gasteiger partial charge in [-0.15, -0.1) is 0 Å². The van der Waals surface area contributed by atoms with Crippen molar-refractivity contribution in [1.82, 2.24) is 0 Å². The van der Waals surface area contributed by atoms with Crippen LogP contribution >= 0.6 is 22.6 Å². The summed E-state index contributed by atoms with van der Waals surface area (Å²) in [4.78, 5) is 10.6. The van der Waals surface area contributed by atoms with Crippen LogP contribution in [0.4, 0.5) is 5.69 Å². The maximum absolute atomic E-state index is 10.6. The maximum Gasteiger partial charge on any atom is 0.255 e. The standard InChI is InChI=1S/C16H17IN2O2/c1-11-2-5-13(8-15(11)17)19-9-12-3-6-14(7-4-12)21-10-16(18)20/h2-8,19H,9-10H2,1H3,(H2,18,20). The van der Waals surface area contributed by atoms with Crippen LogP contribution in [-0.4, -0.2) is 12.5 Å². The fourth-order valence-electron chi connectivity index (χ4n) is 1.76. The van der Waals surface area contributed by atoms with Gasteiger partial charge < -0.3 is 15.8 Å². The third-order valence-electron chi connectivity index (χ3n) is 2.97. The first kappa shape index (κ1) is 15.6. The highest BCUT2D eigenvalue weighted by molar-refractivity contribution is 14.1. The molecule has 0 heterocycles. The van der Waals surface area contributed by atoms with E-state index in [0.717, 1.165) is 17.8 Å². The minimum absolute atomic E-state index is 0.0978. The van der Waals surface area contributed by atoms with E-state index in [0.29, 0.717) is 5.75 Å². The molecule has 1 amide bonds. The molecule has 0 aliphatic carbocycles. The second-order valence-electron chi connectivity index (χ2n) is 4.72. The van der Waals surface area contributed by atoms with E-state index in [4.69, 9.17) is 10.5 Å². The van der Waals surface area contributed by atoms with E-state index in [1.54, 1.807) is 0 Å². The Bertz CT molecular complexity index is 627. The van der Waals surface area contributed by atoms with Crippen molar-refractivity contribution in [1.29, 1.82) is 0 Å². The van der Waals surface area contributed by atoms with Crippen molar-refractivity contribution >= 4 is 34.2 Å². The number of nitrogens with one attached hydrogen (secondary N) is 1. The zero-order valence-electron chi connectivity index (χ0n) is 11.7. The zero-order chi connectivity index (χ0) is 15.2. The second-order valence-corrected chi connectivity index (χ2v) is 5.88. The first-order valence-electron chi connectivity index (χ1n) is 6.54. The molecular weight excluding hydrogens is 379 g/mol. The number of benzene rings is 2. The van der Waals surface area contributed by atoms with Gasteiger partial charge in [0.1, 0.15) is 5.75 Å². The molecule has 110 valence electrons. The van der Waals surface area contributed by atoms with E-state index in [2.05, 4.69) is 53.0 Å². The van der Waals surface area contributed by atoms with Crippen LogP contribution in [0.3, 0.4) is 0 Å². The SMILES string of the molecule is Cc1ccc(NCc2ccc(OCC(N)=O)cc2)cc1I. The summed E-state index contributed by atoms with van der Waals surface area (Å²) in [7, 11) is 0. The number of rotatable bonds is 6. The largest absolute Gasteiger partial charge is 0.484 e. The molecule has 0 saturated carbocycles. The van der Waals surface area contributed by atoms with Crippen LogP contribution in [0.2, 0.25) is 0 Å². The van der Waals surface area contributed by atoms with Crippen molar-refractivity contribution in [3.05, 3.63) is 57.2 Å². The summed E-state index contributed by atoms with van der Waals surface area (Å²) in [6, 6.07) is 13.9. The maximum atomic E-state index is 10.6. The molecule has 0 radical (unpaired) electrons. The van der Waals surface area contributed by atoms with Crippen molar-refractivity contribution in [3.63, 3.8) is 0 Å². The van der Waals surface area contributed by atoms with Gasteiger partial charge in [-0.25, -0.2) is 0 Å². The number of hydrogen-bond donors (Lipinski definition) is 2. The lowest BCUT2D eigenvalue weighted by Crippen LogP contribution is -2.19. The van der Waals surface area contributed by atoms with E-state index >= 15 is 0 Å². The van der Waals surface area contributed by atoms with Crippen LogP contribution in [0.15, 0.2) is 42.5 Å². The summed E-state index contributed by atoms with van der Waals surface area (Å²) in [5.41, 5.74) is 8.54. The molecule has 0 aliphatic heterocycles. The topological polar surface area (TPSA) is 64.3 Å². The number of halogens is 1. The van der Waals surface area contributed by atoms with Gasteiger partial charge in [-0.05, 0) is 64.9 Å². The summed E-state index contributed by atoms with van der Waals surface area (Å²) >= 11 is 2.33. The van der Waals surface area contributed by atoms with E-state index in [9.17, 15) is 4.79 Å². The normalized spacial score (nSPS) is 10.2. The Morgan fingerprint density at radius 1 is 1.24 bits per heavy atom. The predicted molar refractivity (Wildman–Crippen MR) is 92.4 cm³/mol. The highest BCUT2D eigenvalue weighted by Crippen LogP contribution is 2.18. The number of carbonyl (C=O) groups is 1. The number of nitrogens with two attached hydrogens (primary N) is 1. The van der Waals surface area contributed by atoms with Crippen LogP contribution in [0.5, 0.6) is 5.75 Å². The molecule has 0 spiro atoms. The fraction of sp³-hybridized carbons (Fsp3) is 0.188.